The highest BCUT2D eigenvalue weighted by molar-refractivity contribution is 8.00. The van der Waals surface area contributed by atoms with Crippen LogP contribution in [-0.4, -0.2) is 20.1 Å². The van der Waals surface area contributed by atoms with E-state index in [0.29, 0.717) is 11.3 Å². The minimum Gasteiger partial charge on any atom is -0.295 e. The summed E-state index contributed by atoms with van der Waals surface area (Å²) in [5.41, 5.74) is 0.300. The molecular weight excluding hydrogens is 480 g/mol. The molecule has 1 heterocycles. The maximum Gasteiger partial charge on any atom is 0.416 e. The van der Waals surface area contributed by atoms with Crippen LogP contribution < -0.4 is 9.62 Å². The molecular formula is C22H16F4N2O3S2. The Morgan fingerprint density at radius 3 is 2.27 bits per heavy atom. The van der Waals surface area contributed by atoms with Gasteiger partial charge in [-0.25, -0.2) is 12.8 Å². The summed E-state index contributed by atoms with van der Waals surface area (Å²) < 4.78 is 79.4. The fraction of sp³-hybridized carbons (Fsp3) is 0.136. The highest BCUT2D eigenvalue weighted by atomic mass is 32.2. The molecule has 4 rings (SSSR count). The summed E-state index contributed by atoms with van der Waals surface area (Å²) in [5, 5.41) is -0.551. The minimum atomic E-state index is -4.49. The van der Waals surface area contributed by atoms with Crippen molar-refractivity contribution in [3.05, 3.63) is 89.7 Å². The van der Waals surface area contributed by atoms with E-state index in [1.165, 1.54) is 34.9 Å². The Morgan fingerprint density at radius 2 is 1.64 bits per heavy atom. The molecule has 1 fully saturated rings. The van der Waals surface area contributed by atoms with Gasteiger partial charge in [-0.2, -0.15) is 13.2 Å². The molecule has 33 heavy (non-hydrogen) atoms. The summed E-state index contributed by atoms with van der Waals surface area (Å²) in [6, 6.07) is 15.0. The van der Waals surface area contributed by atoms with Crippen molar-refractivity contribution in [3.63, 3.8) is 0 Å². The molecule has 1 N–H and O–H groups in total. The largest absolute Gasteiger partial charge is 0.416 e. The summed E-state index contributed by atoms with van der Waals surface area (Å²) in [7, 11) is -3.98. The average molecular weight is 497 g/mol. The lowest BCUT2D eigenvalue weighted by Crippen LogP contribution is -2.28. The molecule has 0 aliphatic carbocycles. The quantitative estimate of drug-likeness (QED) is 0.479. The van der Waals surface area contributed by atoms with Gasteiger partial charge in [-0.3, -0.25) is 14.4 Å². The van der Waals surface area contributed by atoms with Crippen molar-refractivity contribution >= 4 is 39.1 Å². The SMILES string of the molecule is O=C1CSC(c2cccc(NS(=O)(=O)c3ccc(F)cc3)c2)N1c1ccc(C(F)(F)F)cc1. The molecule has 1 amide bonds. The lowest BCUT2D eigenvalue weighted by atomic mass is 10.1. The standard InChI is InChI=1S/C22H16F4N2O3S2/c23-16-6-10-19(11-7-16)33(30,31)27-17-3-1-2-14(12-17)21-28(20(29)13-32-21)18-8-4-15(5-9-18)22(24,25)26/h1-12,21,27H,13H2. The molecule has 1 unspecified atom stereocenters. The van der Waals surface area contributed by atoms with Crippen LogP contribution in [0.15, 0.2) is 77.7 Å². The van der Waals surface area contributed by atoms with E-state index in [-0.39, 0.29) is 22.2 Å². The molecule has 11 heteroatoms. The Bertz CT molecular complexity index is 1280. The van der Waals surface area contributed by atoms with Crippen LogP contribution >= 0.6 is 11.8 Å². The number of nitrogens with zero attached hydrogens (tertiary/aromatic N) is 1. The van der Waals surface area contributed by atoms with Crippen molar-refractivity contribution in [2.24, 2.45) is 0 Å². The monoisotopic (exact) mass is 496 g/mol. The van der Waals surface area contributed by atoms with Crippen molar-refractivity contribution in [2.45, 2.75) is 16.4 Å². The summed E-state index contributed by atoms with van der Waals surface area (Å²) in [6.45, 7) is 0. The first-order valence-electron chi connectivity index (χ1n) is 9.54. The van der Waals surface area contributed by atoms with Crippen LogP contribution in [0.25, 0.3) is 0 Å². The van der Waals surface area contributed by atoms with E-state index in [0.717, 1.165) is 36.4 Å². The number of carbonyl (C=O) groups is 1. The molecule has 1 aliphatic rings. The Morgan fingerprint density at radius 1 is 0.970 bits per heavy atom. The maximum absolute atomic E-state index is 13.1. The highest BCUT2D eigenvalue weighted by Crippen LogP contribution is 2.43. The van der Waals surface area contributed by atoms with Crippen molar-refractivity contribution in [1.82, 2.24) is 0 Å². The number of alkyl halides is 3. The van der Waals surface area contributed by atoms with Crippen LogP contribution in [0.5, 0.6) is 0 Å². The molecule has 0 spiro atoms. The van der Waals surface area contributed by atoms with Gasteiger partial charge in [0.1, 0.15) is 11.2 Å². The topological polar surface area (TPSA) is 66.5 Å². The first kappa shape index (κ1) is 23.1. The van der Waals surface area contributed by atoms with E-state index < -0.39 is 33.0 Å². The van der Waals surface area contributed by atoms with Gasteiger partial charge in [0.15, 0.2) is 0 Å². The molecule has 0 bridgehead atoms. The fourth-order valence-electron chi connectivity index (χ4n) is 3.34. The fourth-order valence-corrected chi connectivity index (χ4v) is 5.56. The molecule has 0 saturated carbocycles. The first-order chi connectivity index (χ1) is 15.5. The third-order valence-corrected chi connectivity index (χ3v) is 7.50. The van der Waals surface area contributed by atoms with Crippen LogP contribution in [-0.2, 0) is 21.0 Å². The summed E-state index contributed by atoms with van der Waals surface area (Å²) >= 11 is 1.28. The van der Waals surface area contributed by atoms with Crippen molar-refractivity contribution in [1.29, 1.82) is 0 Å². The Balaban J connectivity index is 1.60. The first-order valence-corrected chi connectivity index (χ1v) is 12.1. The number of hydrogen-bond acceptors (Lipinski definition) is 4. The van der Waals surface area contributed by atoms with Crippen LogP contribution in [0.2, 0.25) is 0 Å². The predicted octanol–water partition coefficient (Wildman–Crippen LogP) is 5.42. The summed E-state index contributed by atoms with van der Waals surface area (Å²) in [4.78, 5) is 13.8. The van der Waals surface area contributed by atoms with Crippen LogP contribution in [0, 0.1) is 5.82 Å². The van der Waals surface area contributed by atoms with Crippen molar-refractivity contribution < 1.29 is 30.8 Å². The molecule has 5 nitrogen and oxygen atoms in total. The number of thioether (sulfide) groups is 1. The second-order valence-corrected chi connectivity index (χ2v) is 9.91. The molecule has 0 radical (unpaired) electrons. The van der Waals surface area contributed by atoms with Crippen LogP contribution in [0.4, 0.5) is 28.9 Å². The van der Waals surface area contributed by atoms with E-state index in [9.17, 15) is 30.8 Å². The number of sulfonamides is 1. The zero-order valence-electron chi connectivity index (χ0n) is 16.7. The van der Waals surface area contributed by atoms with Gasteiger partial charge in [0.25, 0.3) is 10.0 Å². The Hall–Kier alpha value is -3.05. The lowest BCUT2D eigenvalue weighted by molar-refractivity contribution is -0.137. The van der Waals surface area contributed by atoms with Gasteiger partial charge in [-0.15, -0.1) is 11.8 Å². The second-order valence-electron chi connectivity index (χ2n) is 7.16. The number of amides is 1. The number of hydrogen-bond donors (Lipinski definition) is 1. The smallest absolute Gasteiger partial charge is 0.295 e. The van der Waals surface area contributed by atoms with E-state index >= 15 is 0 Å². The number of halogens is 4. The van der Waals surface area contributed by atoms with Crippen LogP contribution in [0.1, 0.15) is 16.5 Å². The van der Waals surface area contributed by atoms with Gasteiger partial charge in [0.2, 0.25) is 5.91 Å². The van der Waals surface area contributed by atoms with E-state index in [1.54, 1.807) is 18.2 Å². The lowest BCUT2D eigenvalue weighted by Gasteiger charge is -2.25. The summed E-state index contributed by atoms with van der Waals surface area (Å²) in [5.74, 6) is -0.721. The van der Waals surface area contributed by atoms with Crippen molar-refractivity contribution in [3.8, 4) is 0 Å². The van der Waals surface area contributed by atoms with Gasteiger partial charge in [-0.05, 0) is 66.2 Å². The second kappa shape index (κ2) is 8.71. The molecule has 1 atom stereocenters. The molecule has 3 aromatic carbocycles. The van der Waals surface area contributed by atoms with Gasteiger partial charge < -0.3 is 0 Å². The number of carbonyl (C=O) groups excluding carboxylic acids is 1. The van der Waals surface area contributed by atoms with Gasteiger partial charge in [0.05, 0.1) is 16.2 Å². The predicted molar refractivity (Wildman–Crippen MR) is 118 cm³/mol. The van der Waals surface area contributed by atoms with E-state index in [1.807, 2.05) is 0 Å². The van der Waals surface area contributed by atoms with Crippen molar-refractivity contribution in [2.75, 3.05) is 15.4 Å². The minimum absolute atomic E-state index is 0.119. The van der Waals surface area contributed by atoms with Crippen LogP contribution in [0.3, 0.4) is 0 Å². The summed E-state index contributed by atoms with van der Waals surface area (Å²) in [6.07, 6.45) is -4.49. The molecule has 0 aromatic heterocycles. The molecule has 1 saturated heterocycles. The highest BCUT2D eigenvalue weighted by Gasteiger charge is 2.35. The zero-order valence-corrected chi connectivity index (χ0v) is 18.3. The number of nitrogens with one attached hydrogen (secondary N) is 1. The molecule has 3 aromatic rings. The average Bonchev–Trinajstić information content (AvgIpc) is 3.15. The molecule has 1 aliphatic heterocycles. The zero-order chi connectivity index (χ0) is 23.8. The molecule has 172 valence electrons. The number of anilines is 2. The maximum atomic E-state index is 13.1. The Labute approximate surface area is 191 Å². The van der Waals surface area contributed by atoms with Gasteiger partial charge >= 0.3 is 6.18 Å². The van der Waals surface area contributed by atoms with E-state index in [2.05, 4.69) is 4.72 Å². The normalized spacial score (nSPS) is 16.8. The van der Waals surface area contributed by atoms with Gasteiger partial charge in [0, 0.05) is 11.4 Å². The van der Waals surface area contributed by atoms with Gasteiger partial charge in [-0.1, -0.05) is 12.1 Å². The third-order valence-electron chi connectivity index (χ3n) is 4.89. The third kappa shape index (κ3) is 4.98. The Kier molecular flexibility index (Phi) is 6.10. The number of rotatable bonds is 5. The number of benzene rings is 3. The van der Waals surface area contributed by atoms with E-state index in [4.69, 9.17) is 0 Å².